The molecule has 0 saturated carbocycles. The van der Waals surface area contributed by atoms with E-state index in [0.717, 1.165) is 11.3 Å². The molecule has 1 amide bonds. The van der Waals surface area contributed by atoms with Gasteiger partial charge in [-0.2, -0.15) is 0 Å². The zero-order valence-electron chi connectivity index (χ0n) is 13.0. The van der Waals surface area contributed by atoms with Gasteiger partial charge < -0.3 is 14.9 Å². The lowest BCUT2D eigenvalue weighted by molar-refractivity contribution is 0.0995. The predicted octanol–water partition coefficient (Wildman–Crippen LogP) is 3.98. The van der Waals surface area contributed by atoms with Gasteiger partial charge in [0, 0.05) is 10.6 Å². The molecule has 2 N–H and O–H groups in total. The van der Waals surface area contributed by atoms with Gasteiger partial charge in [0.05, 0.1) is 11.3 Å². The molecule has 6 heteroatoms. The van der Waals surface area contributed by atoms with Crippen molar-refractivity contribution >= 4 is 17.5 Å². The Balaban J connectivity index is 1.79. The lowest BCUT2D eigenvalue weighted by atomic mass is 10.1. The first-order chi connectivity index (χ1) is 11.5. The molecular formula is C18H15ClN2O3. The van der Waals surface area contributed by atoms with Gasteiger partial charge in [0.1, 0.15) is 5.75 Å². The fourth-order valence-corrected chi connectivity index (χ4v) is 2.44. The van der Waals surface area contributed by atoms with Crippen molar-refractivity contribution in [2.75, 3.05) is 0 Å². The number of aryl methyl sites for hydroxylation is 1. The molecule has 0 saturated heterocycles. The second kappa shape index (κ2) is 6.76. The molecule has 0 aliphatic rings. The number of hydrogen-bond acceptors (Lipinski definition) is 4. The zero-order chi connectivity index (χ0) is 17.1. The third kappa shape index (κ3) is 3.41. The number of hydrogen-bond donors (Lipinski definition) is 1. The maximum atomic E-state index is 11.4. The summed E-state index contributed by atoms with van der Waals surface area (Å²) in [6.07, 6.45) is 0. The van der Waals surface area contributed by atoms with Gasteiger partial charge in [-0.1, -0.05) is 23.7 Å². The number of oxazole rings is 1. The molecule has 0 unspecified atom stereocenters. The van der Waals surface area contributed by atoms with E-state index in [4.69, 9.17) is 26.5 Å². The second-order valence-electron chi connectivity index (χ2n) is 5.18. The van der Waals surface area contributed by atoms with Crippen molar-refractivity contribution in [3.63, 3.8) is 0 Å². The lowest BCUT2D eigenvalue weighted by Gasteiger charge is -2.07. The number of nitrogens with two attached hydrogens (primary N) is 1. The first-order valence-electron chi connectivity index (χ1n) is 7.28. The van der Waals surface area contributed by atoms with Crippen LogP contribution < -0.4 is 10.5 Å². The highest BCUT2D eigenvalue weighted by Gasteiger charge is 2.14. The second-order valence-corrected chi connectivity index (χ2v) is 5.61. The van der Waals surface area contributed by atoms with Crippen LogP contribution in [0.15, 0.2) is 52.9 Å². The maximum absolute atomic E-state index is 11.4. The highest BCUT2D eigenvalue weighted by Crippen LogP contribution is 2.26. The SMILES string of the molecule is Cc1nc(COc2ccccc2C(N)=O)oc1-c1ccc(Cl)cc1. The molecular weight excluding hydrogens is 328 g/mol. The van der Waals surface area contributed by atoms with Crippen LogP contribution in [0.5, 0.6) is 5.75 Å². The normalized spacial score (nSPS) is 10.6. The fourth-order valence-electron chi connectivity index (χ4n) is 2.32. The maximum Gasteiger partial charge on any atom is 0.252 e. The summed E-state index contributed by atoms with van der Waals surface area (Å²) in [5, 5.41) is 0.655. The van der Waals surface area contributed by atoms with Crippen LogP contribution in [0.2, 0.25) is 5.02 Å². The Morgan fingerprint density at radius 3 is 2.62 bits per heavy atom. The fraction of sp³-hybridized carbons (Fsp3) is 0.111. The lowest BCUT2D eigenvalue weighted by Crippen LogP contribution is -2.12. The molecule has 1 aromatic heterocycles. The Morgan fingerprint density at radius 1 is 1.21 bits per heavy atom. The monoisotopic (exact) mass is 342 g/mol. The largest absolute Gasteiger partial charge is 0.483 e. The summed E-state index contributed by atoms with van der Waals surface area (Å²) in [5.74, 6) is 0.926. The van der Waals surface area contributed by atoms with Crippen LogP contribution in [0.3, 0.4) is 0 Å². The number of carbonyl (C=O) groups excluding carboxylic acids is 1. The van der Waals surface area contributed by atoms with Gasteiger partial charge in [-0.15, -0.1) is 0 Å². The molecule has 5 nitrogen and oxygen atoms in total. The van der Waals surface area contributed by atoms with Gasteiger partial charge in [-0.3, -0.25) is 4.79 Å². The molecule has 0 fully saturated rings. The number of amides is 1. The number of benzene rings is 2. The molecule has 3 rings (SSSR count). The minimum atomic E-state index is -0.545. The van der Waals surface area contributed by atoms with Crippen molar-refractivity contribution in [3.05, 3.63) is 70.7 Å². The summed E-state index contributed by atoms with van der Waals surface area (Å²) in [7, 11) is 0. The Hall–Kier alpha value is -2.79. The van der Waals surface area contributed by atoms with E-state index < -0.39 is 5.91 Å². The van der Waals surface area contributed by atoms with E-state index in [0.29, 0.717) is 28.0 Å². The van der Waals surface area contributed by atoms with Gasteiger partial charge in [0.25, 0.3) is 5.91 Å². The zero-order valence-corrected chi connectivity index (χ0v) is 13.7. The van der Waals surface area contributed by atoms with E-state index in [1.165, 1.54) is 0 Å². The highest BCUT2D eigenvalue weighted by atomic mass is 35.5. The summed E-state index contributed by atoms with van der Waals surface area (Å²) in [6, 6.07) is 14.1. The number of aromatic nitrogens is 1. The summed E-state index contributed by atoms with van der Waals surface area (Å²) in [4.78, 5) is 15.8. The average molecular weight is 343 g/mol. The highest BCUT2D eigenvalue weighted by molar-refractivity contribution is 6.30. The minimum Gasteiger partial charge on any atom is -0.483 e. The van der Waals surface area contributed by atoms with Crippen molar-refractivity contribution in [1.82, 2.24) is 4.98 Å². The number of nitrogens with zero attached hydrogens (tertiary/aromatic N) is 1. The van der Waals surface area contributed by atoms with Gasteiger partial charge >= 0.3 is 0 Å². The first-order valence-corrected chi connectivity index (χ1v) is 7.66. The number of halogens is 1. The van der Waals surface area contributed by atoms with Crippen LogP contribution >= 0.6 is 11.6 Å². The summed E-state index contributed by atoms with van der Waals surface area (Å²) < 4.78 is 11.4. The number of rotatable bonds is 5. The molecule has 0 atom stereocenters. The molecule has 0 bridgehead atoms. The third-order valence-corrected chi connectivity index (χ3v) is 3.70. The predicted molar refractivity (Wildman–Crippen MR) is 91.0 cm³/mol. The van der Waals surface area contributed by atoms with Crippen molar-refractivity contribution < 1.29 is 13.9 Å². The third-order valence-electron chi connectivity index (χ3n) is 3.45. The minimum absolute atomic E-state index is 0.0960. The summed E-state index contributed by atoms with van der Waals surface area (Å²) in [6.45, 7) is 1.95. The van der Waals surface area contributed by atoms with Crippen LogP contribution in [0.4, 0.5) is 0 Å². The molecule has 0 spiro atoms. The van der Waals surface area contributed by atoms with Gasteiger partial charge in [-0.25, -0.2) is 4.98 Å². The first kappa shape index (κ1) is 16.1. The molecule has 24 heavy (non-hydrogen) atoms. The Morgan fingerprint density at radius 2 is 1.92 bits per heavy atom. The van der Waals surface area contributed by atoms with E-state index in [1.54, 1.807) is 36.4 Å². The quantitative estimate of drug-likeness (QED) is 0.760. The van der Waals surface area contributed by atoms with Gasteiger partial charge in [0.15, 0.2) is 12.4 Å². The average Bonchev–Trinajstić information content (AvgIpc) is 2.95. The van der Waals surface area contributed by atoms with Crippen LogP contribution in [0.25, 0.3) is 11.3 Å². The Bertz CT molecular complexity index is 872. The summed E-state index contributed by atoms with van der Waals surface area (Å²) in [5.41, 5.74) is 7.28. The van der Waals surface area contributed by atoms with Crippen LogP contribution in [0, 0.1) is 6.92 Å². The molecule has 1 heterocycles. The standard InChI is InChI=1S/C18H15ClN2O3/c1-11-17(12-6-8-13(19)9-7-12)24-16(21-11)10-23-15-5-3-2-4-14(15)18(20)22/h2-9H,10H2,1H3,(H2,20,22). The number of ether oxygens (including phenoxy) is 1. The van der Waals surface area contributed by atoms with Gasteiger partial charge in [0.2, 0.25) is 5.89 Å². The molecule has 2 aromatic carbocycles. The molecule has 3 aromatic rings. The van der Waals surface area contributed by atoms with Crippen molar-refractivity contribution in [2.24, 2.45) is 5.73 Å². The number of carbonyl (C=O) groups is 1. The Kier molecular flexibility index (Phi) is 4.53. The van der Waals surface area contributed by atoms with Crippen LogP contribution in [0.1, 0.15) is 21.9 Å². The molecule has 0 aliphatic heterocycles. The molecule has 0 radical (unpaired) electrons. The van der Waals surface area contributed by atoms with Crippen molar-refractivity contribution in [1.29, 1.82) is 0 Å². The van der Waals surface area contributed by atoms with E-state index >= 15 is 0 Å². The number of primary amides is 1. The topological polar surface area (TPSA) is 78.4 Å². The molecule has 122 valence electrons. The molecule has 0 aliphatic carbocycles. The smallest absolute Gasteiger partial charge is 0.252 e. The van der Waals surface area contributed by atoms with E-state index in [-0.39, 0.29) is 6.61 Å². The van der Waals surface area contributed by atoms with Crippen molar-refractivity contribution in [2.45, 2.75) is 13.5 Å². The van der Waals surface area contributed by atoms with Crippen LogP contribution in [-0.2, 0) is 6.61 Å². The Labute approximate surface area is 144 Å². The van der Waals surface area contributed by atoms with E-state index in [9.17, 15) is 4.79 Å². The van der Waals surface area contributed by atoms with Crippen LogP contribution in [-0.4, -0.2) is 10.9 Å². The van der Waals surface area contributed by atoms with E-state index in [1.807, 2.05) is 19.1 Å². The summed E-state index contributed by atoms with van der Waals surface area (Å²) >= 11 is 5.90. The van der Waals surface area contributed by atoms with Crippen molar-refractivity contribution in [3.8, 4) is 17.1 Å². The number of para-hydroxylation sites is 1. The van der Waals surface area contributed by atoms with E-state index in [2.05, 4.69) is 4.98 Å². The van der Waals surface area contributed by atoms with Gasteiger partial charge in [-0.05, 0) is 43.3 Å².